The van der Waals surface area contributed by atoms with E-state index < -0.39 is 11.7 Å². The van der Waals surface area contributed by atoms with Crippen LogP contribution >= 0.6 is 0 Å². The first kappa shape index (κ1) is 21.6. The molecule has 2 heterocycles. The predicted octanol–water partition coefficient (Wildman–Crippen LogP) is 3.75. The molecule has 28 heavy (non-hydrogen) atoms. The summed E-state index contributed by atoms with van der Waals surface area (Å²) in [7, 11) is 0. The topological polar surface area (TPSA) is 81.6 Å². The molecule has 0 spiro atoms. The fraction of sp³-hybridized carbons (Fsp3) is 0.524. The molecule has 0 aliphatic carbocycles. The third kappa shape index (κ3) is 7.13. The van der Waals surface area contributed by atoms with Crippen LogP contribution in [0.5, 0.6) is 0 Å². The average Bonchev–Trinajstić information content (AvgIpc) is 2.63. The number of carbonyl (C=O) groups excluding carboxylic acids is 2. The van der Waals surface area contributed by atoms with Gasteiger partial charge in [-0.05, 0) is 64.8 Å². The molecule has 2 aromatic rings. The van der Waals surface area contributed by atoms with Gasteiger partial charge in [-0.15, -0.1) is 0 Å². The molecule has 0 radical (unpaired) electrons. The lowest BCUT2D eigenvalue weighted by Crippen LogP contribution is -2.39. The van der Waals surface area contributed by atoms with Crippen LogP contribution in [-0.2, 0) is 20.7 Å². The van der Waals surface area contributed by atoms with Crippen LogP contribution in [-0.4, -0.2) is 52.2 Å². The van der Waals surface area contributed by atoms with Crippen molar-refractivity contribution in [2.24, 2.45) is 0 Å². The predicted molar refractivity (Wildman–Crippen MR) is 107 cm³/mol. The van der Waals surface area contributed by atoms with Crippen molar-refractivity contribution in [2.45, 2.75) is 52.6 Å². The molecule has 2 rings (SSSR count). The minimum atomic E-state index is -0.592. The van der Waals surface area contributed by atoms with Crippen LogP contribution in [0.4, 0.5) is 4.79 Å². The van der Waals surface area contributed by atoms with Crippen LogP contribution in [0.25, 0.3) is 11.0 Å². The van der Waals surface area contributed by atoms with Crippen molar-refractivity contribution in [1.82, 2.24) is 14.9 Å². The number of hydrogen-bond acceptors (Lipinski definition) is 6. The van der Waals surface area contributed by atoms with Gasteiger partial charge < -0.3 is 14.4 Å². The number of amides is 1. The molecular weight excluding hydrogens is 358 g/mol. The maximum absolute atomic E-state index is 12.5. The van der Waals surface area contributed by atoms with E-state index in [2.05, 4.69) is 9.97 Å². The van der Waals surface area contributed by atoms with E-state index in [-0.39, 0.29) is 18.9 Å². The van der Waals surface area contributed by atoms with Gasteiger partial charge in [0.25, 0.3) is 0 Å². The van der Waals surface area contributed by atoms with E-state index in [9.17, 15) is 9.59 Å². The molecule has 2 aromatic heterocycles. The summed E-state index contributed by atoms with van der Waals surface area (Å²) in [6.07, 6.45) is 2.84. The Labute approximate surface area is 166 Å². The molecule has 0 bridgehead atoms. The van der Waals surface area contributed by atoms with Crippen molar-refractivity contribution in [3.63, 3.8) is 0 Å². The Balaban J connectivity index is 1.95. The van der Waals surface area contributed by atoms with Gasteiger partial charge in [0.15, 0.2) is 5.65 Å². The van der Waals surface area contributed by atoms with Crippen LogP contribution < -0.4 is 0 Å². The number of hydrogen-bond donors (Lipinski definition) is 0. The summed E-state index contributed by atoms with van der Waals surface area (Å²) in [5.41, 5.74) is 1.04. The Hall–Kier alpha value is -2.70. The van der Waals surface area contributed by atoms with Gasteiger partial charge in [-0.2, -0.15) is 0 Å². The normalized spacial score (nSPS) is 11.3. The first-order chi connectivity index (χ1) is 13.3. The Morgan fingerprint density at radius 2 is 1.93 bits per heavy atom. The SMILES string of the molecule is CCOC(=O)CCN(CCCc1ccc2cccnc2n1)C(=O)OC(C)(C)C. The molecular formula is C21H29N3O4. The quantitative estimate of drug-likeness (QED) is 0.642. The van der Waals surface area contributed by atoms with Crippen molar-refractivity contribution < 1.29 is 19.1 Å². The fourth-order valence-electron chi connectivity index (χ4n) is 2.66. The molecule has 0 atom stereocenters. The Bertz CT molecular complexity index is 802. The summed E-state index contributed by atoms with van der Waals surface area (Å²) in [6, 6.07) is 7.82. The van der Waals surface area contributed by atoms with E-state index in [4.69, 9.17) is 9.47 Å². The van der Waals surface area contributed by atoms with Crippen molar-refractivity contribution in [3.8, 4) is 0 Å². The van der Waals surface area contributed by atoms with E-state index in [0.29, 0.717) is 31.6 Å². The molecule has 0 unspecified atom stereocenters. The van der Waals surface area contributed by atoms with Gasteiger partial charge in [-0.25, -0.2) is 14.8 Å². The summed E-state index contributed by atoms with van der Waals surface area (Å²) in [6.45, 7) is 8.28. The Morgan fingerprint density at radius 1 is 1.14 bits per heavy atom. The first-order valence-electron chi connectivity index (χ1n) is 9.62. The number of aromatic nitrogens is 2. The van der Waals surface area contributed by atoms with Crippen LogP contribution in [0.1, 0.15) is 46.2 Å². The zero-order chi connectivity index (χ0) is 20.6. The zero-order valence-corrected chi connectivity index (χ0v) is 17.1. The molecule has 0 aliphatic heterocycles. The van der Waals surface area contributed by atoms with Gasteiger partial charge in [0.05, 0.1) is 13.0 Å². The molecule has 1 amide bonds. The van der Waals surface area contributed by atoms with Crippen molar-refractivity contribution in [2.75, 3.05) is 19.7 Å². The van der Waals surface area contributed by atoms with Crippen molar-refractivity contribution >= 4 is 23.1 Å². The van der Waals surface area contributed by atoms with E-state index in [1.807, 2.05) is 45.0 Å². The second kappa shape index (κ2) is 10.0. The molecule has 0 N–H and O–H groups in total. The lowest BCUT2D eigenvalue weighted by atomic mass is 10.2. The lowest BCUT2D eigenvalue weighted by molar-refractivity contribution is -0.143. The summed E-state index contributed by atoms with van der Waals surface area (Å²) in [4.78, 5) is 34.5. The fourth-order valence-corrected chi connectivity index (χ4v) is 2.66. The number of fused-ring (bicyclic) bond motifs is 1. The smallest absolute Gasteiger partial charge is 0.410 e. The largest absolute Gasteiger partial charge is 0.466 e. The highest BCUT2D eigenvalue weighted by atomic mass is 16.6. The lowest BCUT2D eigenvalue weighted by Gasteiger charge is -2.27. The van der Waals surface area contributed by atoms with Gasteiger partial charge in [0, 0.05) is 30.4 Å². The maximum Gasteiger partial charge on any atom is 0.410 e. The highest BCUT2D eigenvalue weighted by molar-refractivity contribution is 5.74. The number of rotatable bonds is 8. The van der Waals surface area contributed by atoms with Gasteiger partial charge >= 0.3 is 12.1 Å². The summed E-state index contributed by atoms with van der Waals surface area (Å²) in [5, 5.41) is 0.996. The third-order valence-electron chi connectivity index (χ3n) is 3.93. The van der Waals surface area contributed by atoms with Crippen LogP contribution in [0.3, 0.4) is 0 Å². The molecule has 152 valence electrons. The van der Waals surface area contributed by atoms with Gasteiger partial charge in [0.1, 0.15) is 5.60 Å². The molecule has 0 fully saturated rings. The van der Waals surface area contributed by atoms with Crippen molar-refractivity contribution in [1.29, 1.82) is 0 Å². The number of esters is 1. The van der Waals surface area contributed by atoms with E-state index in [1.165, 1.54) is 0 Å². The van der Waals surface area contributed by atoms with Crippen LogP contribution in [0.15, 0.2) is 30.5 Å². The number of nitrogens with zero attached hydrogens (tertiary/aromatic N) is 3. The monoisotopic (exact) mass is 387 g/mol. The average molecular weight is 387 g/mol. The van der Waals surface area contributed by atoms with E-state index in [1.54, 1.807) is 18.0 Å². The highest BCUT2D eigenvalue weighted by Crippen LogP contribution is 2.13. The van der Waals surface area contributed by atoms with Gasteiger partial charge in [-0.3, -0.25) is 4.79 Å². The maximum atomic E-state index is 12.5. The number of pyridine rings is 2. The molecule has 7 nitrogen and oxygen atoms in total. The third-order valence-corrected chi connectivity index (χ3v) is 3.93. The summed E-state index contributed by atoms with van der Waals surface area (Å²) >= 11 is 0. The molecule has 7 heteroatoms. The molecule has 0 aliphatic rings. The van der Waals surface area contributed by atoms with Gasteiger partial charge in [0.2, 0.25) is 0 Å². The number of ether oxygens (including phenoxy) is 2. The first-order valence-corrected chi connectivity index (χ1v) is 9.62. The summed E-state index contributed by atoms with van der Waals surface area (Å²) in [5.74, 6) is -0.321. The summed E-state index contributed by atoms with van der Waals surface area (Å²) < 4.78 is 10.4. The van der Waals surface area contributed by atoms with E-state index >= 15 is 0 Å². The minimum Gasteiger partial charge on any atom is -0.466 e. The van der Waals surface area contributed by atoms with Gasteiger partial charge in [-0.1, -0.05) is 0 Å². The molecule has 0 saturated carbocycles. The number of carbonyl (C=O) groups is 2. The molecule has 0 saturated heterocycles. The van der Waals surface area contributed by atoms with Crippen LogP contribution in [0, 0.1) is 0 Å². The second-order valence-corrected chi connectivity index (χ2v) is 7.48. The number of aryl methyl sites for hydroxylation is 1. The Morgan fingerprint density at radius 3 is 2.64 bits per heavy atom. The van der Waals surface area contributed by atoms with Crippen molar-refractivity contribution in [3.05, 3.63) is 36.2 Å². The highest BCUT2D eigenvalue weighted by Gasteiger charge is 2.22. The Kier molecular flexibility index (Phi) is 7.72. The zero-order valence-electron chi connectivity index (χ0n) is 17.1. The second-order valence-electron chi connectivity index (χ2n) is 7.48. The van der Waals surface area contributed by atoms with E-state index in [0.717, 1.165) is 11.1 Å². The van der Waals surface area contributed by atoms with Crippen LogP contribution in [0.2, 0.25) is 0 Å². The molecule has 0 aromatic carbocycles. The minimum absolute atomic E-state index is 0.144. The standard InChI is InChI=1S/C21H29N3O4/c1-5-27-18(25)12-15-24(20(26)28-21(2,3)4)14-7-9-17-11-10-16-8-6-13-22-19(16)23-17/h6,8,10-11,13H,5,7,9,12,14-15H2,1-4H3.